The van der Waals surface area contributed by atoms with E-state index >= 15 is 0 Å². The molecule has 0 radical (unpaired) electrons. The molecule has 0 aromatic carbocycles. The van der Waals surface area contributed by atoms with E-state index < -0.39 is 23.2 Å². The van der Waals surface area contributed by atoms with Gasteiger partial charge in [0.15, 0.2) is 6.29 Å². The van der Waals surface area contributed by atoms with Gasteiger partial charge in [-0.3, -0.25) is 9.59 Å². The number of aromatic carboxylic acids is 1. The number of carboxylic acid groups (broad SMARTS) is 1. The average Bonchev–Trinajstić information content (AvgIpc) is 2.53. The van der Waals surface area contributed by atoms with Gasteiger partial charge in [0, 0.05) is 25.3 Å². The molecule has 1 saturated heterocycles. The summed E-state index contributed by atoms with van der Waals surface area (Å²) in [6, 6.07) is 1.06. The molecule has 1 aliphatic heterocycles. The maximum Gasteiger partial charge on any atom is 0.410 e. The fourth-order valence-corrected chi connectivity index (χ4v) is 2.81. The second-order valence-electron chi connectivity index (χ2n) is 6.98. The molecule has 1 N–H and O–H groups in total. The lowest BCUT2D eigenvalue weighted by atomic mass is 10.0. The number of pyridine rings is 1. The Labute approximate surface area is 145 Å². The number of aromatic nitrogens is 1. The van der Waals surface area contributed by atoms with Crippen LogP contribution >= 0.6 is 0 Å². The minimum atomic E-state index is -1.31. The van der Waals surface area contributed by atoms with Gasteiger partial charge in [0.1, 0.15) is 5.60 Å². The molecule has 8 nitrogen and oxygen atoms in total. The predicted molar refractivity (Wildman–Crippen MR) is 89.1 cm³/mol. The summed E-state index contributed by atoms with van der Waals surface area (Å²) in [5.41, 5.74) is -1.85. The van der Waals surface area contributed by atoms with Crippen molar-refractivity contribution >= 4 is 18.3 Å². The molecule has 25 heavy (non-hydrogen) atoms. The topological polar surface area (TPSA) is 106 Å². The number of hydrogen-bond acceptors (Lipinski definition) is 5. The minimum absolute atomic E-state index is 0.201. The Balaban J connectivity index is 2.14. The SMILES string of the molecule is CC(C)(C)OC(=O)N1CCC(n2ccc(C(=O)O)c(C=O)c2=O)CC1. The third-order valence-corrected chi connectivity index (χ3v) is 4.01. The summed E-state index contributed by atoms with van der Waals surface area (Å²) in [4.78, 5) is 48.2. The van der Waals surface area contributed by atoms with Crippen molar-refractivity contribution in [2.75, 3.05) is 13.1 Å². The molecule has 1 amide bonds. The van der Waals surface area contributed by atoms with Gasteiger partial charge in [0.05, 0.1) is 11.1 Å². The van der Waals surface area contributed by atoms with Crippen molar-refractivity contribution in [2.45, 2.75) is 45.3 Å². The van der Waals surface area contributed by atoms with Crippen LogP contribution in [0.2, 0.25) is 0 Å². The van der Waals surface area contributed by atoms with Gasteiger partial charge in [-0.05, 0) is 39.7 Å². The number of aldehydes is 1. The molecule has 0 aliphatic carbocycles. The molecular weight excluding hydrogens is 328 g/mol. The van der Waals surface area contributed by atoms with Gasteiger partial charge in [0.2, 0.25) is 0 Å². The van der Waals surface area contributed by atoms with E-state index in [0.717, 1.165) is 0 Å². The monoisotopic (exact) mass is 350 g/mol. The minimum Gasteiger partial charge on any atom is -0.478 e. The Bertz CT molecular complexity index is 738. The first-order valence-electron chi connectivity index (χ1n) is 8.05. The van der Waals surface area contributed by atoms with Gasteiger partial charge in [-0.25, -0.2) is 9.59 Å². The molecule has 0 saturated carbocycles. The Morgan fingerprint density at radius 3 is 2.36 bits per heavy atom. The number of amides is 1. The van der Waals surface area contributed by atoms with Gasteiger partial charge >= 0.3 is 12.1 Å². The molecule has 1 fully saturated rings. The van der Waals surface area contributed by atoms with Crippen LogP contribution in [0.1, 0.15) is 60.4 Å². The summed E-state index contributed by atoms with van der Waals surface area (Å²) in [5, 5.41) is 9.05. The van der Waals surface area contributed by atoms with E-state index in [1.54, 1.807) is 25.7 Å². The lowest BCUT2D eigenvalue weighted by Crippen LogP contribution is -2.43. The van der Waals surface area contributed by atoms with Crippen LogP contribution in [0.4, 0.5) is 4.79 Å². The summed E-state index contributed by atoms with van der Waals surface area (Å²) >= 11 is 0. The van der Waals surface area contributed by atoms with E-state index in [0.29, 0.717) is 25.9 Å². The molecular formula is C17H22N2O6. The highest BCUT2D eigenvalue weighted by atomic mass is 16.6. The summed E-state index contributed by atoms with van der Waals surface area (Å²) in [7, 11) is 0. The fraction of sp³-hybridized carbons (Fsp3) is 0.529. The molecule has 1 aliphatic rings. The number of hydrogen-bond donors (Lipinski definition) is 1. The molecule has 2 rings (SSSR count). The number of rotatable bonds is 3. The second kappa shape index (κ2) is 7.08. The zero-order valence-corrected chi connectivity index (χ0v) is 14.5. The van der Waals surface area contributed by atoms with E-state index in [9.17, 15) is 19.2 Å². The van der Waals surface area contributed by atoms with E-state index in [1.165, 1.54) is 16.8 Å². The molecule has 1 aromatic heterocycles. The van der Waals surface area contributed by atoms with Crippen molar-refractivity contribution in [3.8, 4) is 0 Å². The van der Waals surface area contributed by atoms with Crippen molar-refractivity contribution < 1.29 is 24.2 Å². The first-order valence-corrected chi connectivity index (χ1v) is 8.05. The standard InChI is InChI=1S/C17H22N2O6/c1-17(2,3)25-16(24)18-7-4-11(5-8-18)19-9-6-12(15(22)23)13(10-20)14(19)21/h6,9-11H,4-5,7-8H2,1-3H3,(H,22,23). The number of ether oxygens (including phenoxy) is 1. The number of carbonyl (C=O) groups excluding carboxylic acids is 2. The highest BCUT2D eigenvalue weighted by Gasteiger charge is 2.28. The first kappa shape index (κ1) is 18.7. The molecule has 2 heterocycles. The lowest BCUT2D eigenvalue weighted by molar-refractivity contribution is 0.0187. The van der Waals surface area contributed by atoms with Crippen molar-refractivity contribution in [3.05, 3.63) is 33.7 Å². The quantitative estimate of drug-likeness (QED) is 0.835. The van der Waals surface area contributed by atoms with Crippen LogP contribution in [-0.4, -0.2) is 51.6 Å². The first-order chi connectivity index (χ1) is 11.6. The Hall–Kier alpha value is -2.64. The highest BCUT2D eigenvalue weighted by Crippen LogP contribution is 2.23. The van der Waals surface area contributed by atoms with Crippen molar-refractivity contribution in [2.24, 2.45) is 0 Å². The number of likely N-dealkylation sites (tertiary alicyclic amines) is 1. The third kappa shape index (κ3) is 4.26. The van der Waals surface area contributed by atoms with Gasteiger partial charge in [-0.1, -0.05) is 0 Å². The molecule has 0 spiro atoms. The van der Waals surface area contributed by atoms with E-state index in [1.807, 2.05) is 0 Å². The van der Waals surface area contributed by atoms with Crippen LogP contribution in [0.3, 0.4) is 0 Å². The Morgan fingerprint density at radius 2 is 1.88 bits per heavy atom. The van der Waals surface area contributed by atoms with Gasteiger partial charge in [0.25, 0.3) is 5.56 Å². The molecule has 136 valence electrons. The smallest absolute Gasteiger partial charge is 0.410 e. The molecule has 8 heteroatoms. The van der Waals surface area contributed by atoms with Crippen LogP contribution < -0.4 is 5.56 Å². The zero-order chi connectivity index (χ0) is 18.8. The molecule has 0 bridgehead atoms. The Morgan fingerprint density at radius 1 is 1.28 bits per heavy atom. The van der Waals surface area contributed by atoms with Crippen LogP contribution in [0, 0.1) is 0 Å². The normalized spacial score (nSPS) is 15.7. The predicted octanol–water partition coefficient (Wildman–Crippen LogP) is 1.93. The lowest BCUT2D eigenvalue weighted by Gasteiger charge is -2.34. The highest BCUT2D eigenvalue weighted by molar-refractivity contribution is 5.96. The molecule has 0 unspecified atom stereocenters. The van der Waals surface area contributed by atoms with E-state index in [2.05, 4.69) is 0 Å². The average molecular weight is 350 g/mol. The maximum atomic E-state index is 12.4. The van der Waals surface area contributed by atoms with Crippen LogP contribution in [-0.2, 0) is 4.74 Å². The number of carbonyl (C=O) groups is 3. The van der Waals surface area contributed by atoms with Gasteiger partial charge < -0.3 is 19.3 Å². The molecule has 1 aromatic rings. The number of carboxylic acids is 1. The van der Waals surface area contributed by atoms with Crippen LogP contribution in [0.25, 0.3) is 0 Å². The summed E-state index contributed by atoms with van der Waals surface area (Å²) < 4.78 is 6.70. The van der Waals surface area contributed by atoms with Gasteiger partial charge in [-0.15, -0.1) is 0 Å². The van der Waals surface area contributed by atoms with Crippen molar-refractivity contribution in [1.29, 1.82) is 0 Å². The Kier molecular flexibility index (Phi) is 5.30. The van der Waals surface area contributed by atoms with Crippen LogP contribution in [0.15, 0.2) is 17.1 Å². The summed E-state index contributed by atoms with van der Waals surface area (Å²) in [6.45, 7) is 6.22. The second-order valence-corrected chi connectivity index (χ2v) is 6.98. The van der Waals surface area contributed by atoms with E-state index in [4.69, 9.17) is 9.84 Å². The van der Waals surface area contributed by atoms with E-state index in [-0.39, 0.29) is 23.5 Å². The molecule has 0 atom stereocenters. The van der Waals surface area contributed by atoms with Crippen molar-refractivity contribution in [3.63, 3.8) is 0 Å². The fourth-order valence-electron chi connectivity index (χ4n) is 2.81. The zero-order valence-electron chi connectivity index (χ0n) is 14.5. The van der Waals surface area contributed by atoms with Crippen molar-refractivity contribution in [1.82, 2.24) is 9.47 Å². The number of piperidine rings is 1. The summed E-state index contributed by atoms with van der Waals surface area (Å²) in [5.74, 6) is -1.31. The van der Waals surface area contributed by atoms with Gasteiger partial charge in [-0.2, -0.15) is 0 Å². The summed E-state index contributed by atoms with van der Waals surface area (Å²) in [6.07, 6.45) is 2.31. The third-order valence-electron chi connectivity index (χ3n) is 4.01. The van der Waals surface area contributed by atoms with Crippen LogP contribution in [0.5, 0.6) is 0 Å². The largest absolute Gasteiger partial charge is 0.478 e. The number of nitrogens with zero attached hydrogens (tertiary/aromatic N) is 2. The maximum absolute atomic E-state index is 12.4.